The van der Waals surface area contributed by atoms with Crippen molar-refractivity contribution in [2.45, 2.75) is 33.9 Å². The summed E-state index contributed by atoms with van der Waals surface area (Å²) in [7, 11) is 1.79. The smallest absolute Gasteiger partial charge is 0.246 e. The van der Waals surface area contributed by atoms with Crippen molar-refractivity contribution in [3.05, 3.63) is 47.2 Å². The molecule has 5 nitrogen and oxygen atoms in total. The molecule has 112 valence electrons. The zero-order chi connectivity index (χ0) is 15.4. The van der Waals surface area contributed by atoms with E-state index in [1.54, 1.807) is 30.4 Å². The Bertz CT molecular complexity index is 639. The number of rotatable bonds is 5. The Balaban J connectivity index is 2.06. The Morgan fingerprint density at radius 1 is 1.48 bits per heavy atom. The first kappa shape index (κ1) is 15.1. The van der Waals surface area contributed by atoms with Gasteiger partial charge in [-0.25, -0.2) is 0 Å². The van der Waals surface area contributed by atoms with Gasteiger partial charge < -0.3 is 9.32 Å². The highest BCUT2D eigenvalue weighted by Crippen LogP contribution is 2.15. The molecule has 0 saturated heterocycles. The predicted molar refractivity (Wildman–Crippen MR) is 81.6 cm³/mol. The van der Waals surface area contributed by atoms with Gasteiger partial charge in [0.05, 0.1) is 12.0 Å². The third-order valence-electron chi connectivity index (χ3n) is 3.54. The normalized spacial score (nSPS) is 11.2. The van der Waals surface area contributed by atoms with Gasteiger partial charge in [-0.2, -0.15) is 5.10 Å². The number of furan rings is 1. The van der Waals surface area contributed by atoms with E-state index >= 15 is 0 Å². The van der Waals surface area contributed by atoms with Crippen molar-refractivity contribution < 1.29 is 9.21 Å². The van der Waals surface area contributed by atoms with Crippen molar-refractivity contribution in [3.8, 4) is 0 Å². The molecule has 0 atom stereocenters. The zero-order valence-electron chi connectivity index (χ0n) is 13.0. The van der Waals surface area contributed by atoms with Crippen LogP contribution in [0.5, 0.6) is 0 Å². The lowest BCUT2D eigenvalue weighted by atomic mass is 10.2. The van der Waals surface area contributed by atoms with E-state index in [4.69, 9.17) is 4.42 Å². The average Bonchev–Trinajstić information content (AvgIpc) is 3.07. The van der Waals surface area contributed by atoms with Crippen molar-refractivity contribution in [1.29, 1.82) is 0 Å². The van der Waals surface area contributed by atoms with Crippen LogP contribution in [0.4, 0.5) is 0 Å². The van der Waals surface area contributed by atoms with Gasteiger partial charge in [0, 0.05) is 37.5 Å². The fraction of sp³-hybridized carbons (Fsp3) is 0.375. The van der Waals surface area contributed by atoms with Gasteiger partial charge in [-0.3, -0.25) is 9.48 Å². The van der Waals surface area contributed by atoms with Crippen molar-refractivity contribution in [2.24, 2.45) is 0 Å². The van der Waals surface area contributed by atoms with Gasteiger partial charge in [0.25, 0.3) is 0 Å². The predicted octanol–water partition coefficient (Wildman–Crippen LogP) is 2.78. The topological polar surface area (TPSA) is 51.3 Å². The second-order valence-electron chi connectivity index (χ2n) is 5.01. The minimum Gasteiger partial charge on any atom is -0.465 e. The summed E-state index contributed by atoms with van der Waals surface area (Å²) < 4.78 is 7.13. The van der Waals surface area contributed by atoms with E-state index in [0.29, 0.717) is 12.3 Å². The van der Waals surface area contributed by atoms with Crippen LogP contribution in [0.3, 0.4) is 0 Å². The van der Waals surface area contributed by atoms with Crippen molar-refractivity contribution in [1.82, 2.24) is 14.7 Å². The summed E-state index contributed by atoms with van der Waals surface area (Å²) in [6.45, 7) is 7.47. The van der Waals surface area contributed by atoms with E-state index in [-0.39, 0.29) is 5.91 Å². The first-order chi connectivity index (χ1) is 10.0. The SMILES string of the molecule is CCn1nc(C)c(CN(C)C(=O)C=Cc2ccco2)c1C. The fourth-order valence-electron chi connectivity index (χ4n) is 2.25. The van der Waals surface area contributed by atoms with Gasteiger partial charge in [0.1, 0.15) is 5.76 Å². The highest BCUT2D eigenvalue weighted by Gasteiger charge is 2.14. The number of amides is 1. The molecule has 2 rings (SSSR count). The molecular formula is C16H21N3O2. The van der Waals surface area contributed by atoms with Gasteiger partial charge in [0.15, 0.2) is 0 Å². The van der Waals surface area contributed by atoms with Gasteiger partial charge >= 0.3 is 0 Å². The standard InChI is InChI=1S/C16H21N3O2/c1-5-19-13(3)15(12(2)17-19)11-18(4)16(20)9-8-14-7-6-10-21-14/h6-10H,5,11H2,1-4H3. The Morgan fingerprint density at radius 2 is 2.24 bits per heavy atom. The number of nitrogens with zero attached hydrogens (tertiary/aromatic N) is 3. The summed E-state index contributed by atoms with van der Waals surface area (Å²) in [6, 6.07) is 3.60. The van der Waals surface area contributed by atoms with Crippen LogP contribution in [0.1, 0.15) is 29.6 Å². The highest BCUT2D eigenvalue weighted by atomic mass is 16.3. The Morgan fingerprint density at radius 3 is 2.81 bits per heavy atom. The Hall–Kier alpha value is -2.30. The molecule has 0 spiro atoms. The Kier molecular flexibility index (Phi) is 4.62. The maximum absolute atomic E-state index is 12.1. The first-order valence-corrected chi connectivity index (χ1v) is 7.02. The van der Waals surface area contributed by atoms with Crippen LogP contribution in [0, 0.1) is 13.8 Å². The Labute approximate surface area is 124 Å². The van der Waals surface area contributed by atoms with Crippen molar-refractivity contribution in [3.63, 3.8) is 0 Å². The minimum atomic E-state index is -0.0607. The molecule has 2 aromatic heterocycles. The molecule has 2 aromatic rings. The summed E-state index contributed by atoms with van der Waals surface area (Å²) in [5, 5.41) is 4.47. The molecule has 0 aromatic carbocycles. The highest BCUT2D eigenvalue weighted by molar-refractivity contribution is 5.91. The average molecular weight is 287 g/mol. The summed E-state index contributed by atoms with van der Waals surface area (Å²) in [6.07, 6.45) is 4.78. The number of hydrogen-bond donors (Lipinski definition) is 0. The maximum Gasteiger partial charge on any atom is 0.246 e. The largest absolute Gasteiger partial charge is 0.465 e. The van der Waals surface area contributed by atoms with E-state index in [1.807, 2.05) is 24.6 Å². The number of carbonyl (C=O) groups excluding carboxylic acids is 1. The number of aromatic nitrogens is 2. The van der Waals surface area contributed by atoms with E-state index < -0.39 is 0 Å². The lowest BCUT2D eigenvalue weighted by molar-refractivity contribution is -0.125. The van der Waals surface area contributed by atoms with Crippen LogP contribution in [0.25, 0.3) is 6.08 Å². The molecule has 0 unspecified atom stereocenters. The number of carbonyl (C=O) groups is 1. The van der Waals surface area contributed by atoms with Crippen LogP contribution in [0.2, 0.25) is 0 Å². The summed E-state index contributed by atoms with van der Waals surface area (Å²) in [5.74, 6) is 0.609. The van der Waals surface area contributed by atoms with E-state index in [0.717, 1.165) is 23.5 Å². The molecule has 0 fully saturated rings. The van der Waals surface area contributed by atoms with Gasteiger partial charge in [-0.05, 0) is 39.0 Å². The van der Waals surface area contributed by atoms with Crippen LogP contribution >= 0.6 is 0 Å². The second kappa shape index (κ2) is 6.43. The lowest BCUT2D eigenvalue weighted by Crippen LogP contribution is -2.24. The van der Waals surface area contributed by atoms with E-state index in [9.17, 15) is 4.79 Å². The van der Waals surface area contributed by atoms with Gasteiger partial charge in [0.2, 0.25) is 5.91 Å². The molecule has 0 aliphatic carbocycles. The molecule has 1 amide bonds. The molecule has 21 heavy (non-hydrogen) atoms. The van der Waals surface area contributed by atoms with Crippen LogP contribution in [-0.2, 0) is 17.9 Å². The van der Waals surface area contributed by atoms with Gasteiger partial charge in [-0.1, -0.05) is 0 Å². The molecule has 2 heterocycles. The zero-order valence-corrected chi connectivity index (χ0v) is 13.0. The number of aryl methyl sites for hydroxylation is 2. The molecule has 0 radical (unpaired) electrons. The van der Waals surface area contributed by atoms with Crippen LogP contribution in [-0.4, -0.2) is 27.6 Å². The second-order valence-corrected chi connectivity index (χ2v) is 5.01. The quantitative estimate of drug-likeness (QED) is 0.795. The third-order valence-corrected chi connectivity index (χ3v) is 3.54. The van der Waals surface area contributed by atoms with E-state index in [2.05, 4.69) is 12.0 Å². The minimum absolute atomic E-state index is 0.0607. The number of likely N-dealkylation sites (N-methyl/N-ethyl adjacent to an activating group) is 1. The molecule has 0 N–H and O–H groups in total. The summed E-state index contributed by atoms with van der Waals surface area (Å²) in [4.78, 5) is 13.8. The molecule has 0 saturated carbocycles. The third kappa shape index (κ3) is 3.42. The van der Waals surface area contributed by atoms with Crippen LogP contribution < -0.4 is 0 Å². The van der Waals surface area contributed by atoms with Crippen LogP contribution in [0.15, 0.2) is 28.9 Å². The monoisotopic (exact) mass is 287 g/mol. The summed E-state index contributed by atoms with van der Waals surface area (Å²) >= 11 is 0. The maximum atomic E-state index is 12.1. The first-order valence-electron chi connectivity index (χ1n) is 7.02. The van der Waals surface area contributed by atoms with Crippen molar-refractivity contribution in [2.75, 3.05) is 7.05 Å². The molecule has 5 heteroatoms. The lowest BCUT2D eigenvalue weighted by Gasteiger charge is -2.15. The molecule has 0 bridgehead atoms. The molecular weight excluding hydrogens is 266 g/mol. The van der Waals surface area contributed by atoms with Crippen molar-refractivity contribution >= 4 is 12.0 Å². The van der Waals surface area contributed by atoms with E-state index in [1.165, 1.54) is 6.08 Å². The number of hydrogen-bond acceptors (Lipinski definition) is 3. The fourth-order valence-corrected chi connectivity index (χ4v) is 2.25. The van der Waals surface area contributed by atoms with Gasteiger partial charge in [-0.15, -0.1) is 0 Å². The molecule has 0 aliphatic heterocycles. The summed E-state index contributed by atoms with van der Waals surface area (Å²) in [5.41, 5.74) is 3.20. The molecule has 0 aliphatic rings.